The van der Waals surface area contributed by atoms with Crippen LogP contribution < -0.4 is 15.3 Å². The fourth-order valence-corrected chi connectivity index (χ4v) is 16.0. The van der Waals surface area contributed by atoms with E-state index in [1.54, 1.807) is 5.19 Å². The minimum Gasteiger partial charge on any atom is -0.333 e. The highest BCUT2D eigenvalue weighted by Gasteiger charge is 2.54. The van der Waals surface area contributed by atoms with Gasteiger partial charge in [-0.05, 0) is 101 Å². The molecule has 1 heterocycles. The number of benzene rings is 8. The van der Waals surface area contributed by atoms with E-state index in [4.69, 9.17) is 0 Å². The third-order valence-electron chi connectivity index (χ3n) is 15.6. The number of hydrogen-bond donors (Lipinski definition) is 0. The third-order valence-corrected chi connectivity index (χ3v) is 19.1. The number of fused-ring (bicyclic) bond motifs is 16. The van der Waals surface area contributed by atoms with Gasteiger partial charge in [0.15, 0.2) is 0 Å². The zero-order chi connectivity index (χ0) is 41.5. The van der Waals surface area contributed by atoms with Crippen molar-refractivity contribution >= 4 is 29.8 Å². The number of allylic oxidation sites excluding steroid dienone is 2. The van der Waals surface area contributed by atoms with Gasteiger partial charge in [0, 0.05) is 28.3 Å². The zero-order valence-corrected chi connectivity index (χ0v) is 36.7. The second-order valence-corrected chi connectivity index (χ2v) is 23.4. The molecule has 1 aliphatic heterocycles. The van der Waals surface area contributed by atoms with Crippen molar-refractivity contribution in [2.24, 2.45) is 0 Å². The predicted molar refractivity (Wildman–Crippen MR) is 262 cm³/mol. The minimum absolute atomic E-state index is 0.0354. The first-order valence-electron chi connectivity index (χ1n) is 22.3. The molecule has 1 nitrogen and oxygen atoms in total. The number of nitrogens with zero attached hydrogens (tertiary/aromatic N) is 1. The van der Waals surface area contributed by atoms with Gasteiger partial charge in [0.05, 0.1) is 11.5 Å². The smallest absolute Gasteiger partial charge is 0.113 e. The molecule has 0 saturated heterocycles. The summed E-state index contributed by atoms with van der Waals surface area (Å²) in [5.74, 6) is 0.190. The molecule has 0 radical (unpaired) electrons. The van der Waals surface area contributed by atoms with Gasteiger partial charge >= 0.3 is 0 Å². The van der Waals surface area contributed by atoms with E-state index in [0.29, 0.717) is 0 Å². The van der Waals surface area contributed by atoms with Gasteiger partial charge in [0.2, 0.25) is 0 Å². The van der Waals surface area contributed by atoms with Crippen molar-refractivity contribution in [3.63, 3.8) is 0 Å². The summed E-state index contributed by atoms with van der Waals surface area (Å²) in [5.41, 5.74) is 22.4. The first-order chi connectivity index (χ1) is 30.3. The molecule has 1 spiro atoms. The number of anilines is 2. The standard InChI is InChI=1S/C60H47NSi/c1-59(2)48-23-10-8-21-47(48)57-52(59)27-16-28-53(57)61(40-34-31-38(32-35-40)39-33-36-45-44-20-9-14-30-55(44)62(3,4)56(45)37-39)54-29-15-22-46-43-19-7-13-26-51(43)60(58(46)54)49-24-11-5-17-41(49)42-18-6-12-25-50(42)60/h5-37,53,57H,1-4H3. The zero-order valence-electron chi connectivity index (χ0n) is 35.7. The van der Waals surface area contributed by atoms with E-state index >= 15 is 0 Å². The summed E-state index contributed by atoms with van der Waals surface area (Å²) < 4.78 is 0. The molecule has 296 valence electrons. The predicted octanol–water partition coefficient (Wildman–Crippen LogP) is 13.6. The first kappa shape index (κ1) is 36.0. The lowest BCUT2D eigenvalue weighted by Gasteiger charge is -2.42. The monoisotopic (exact) mass is 809 g/mol. The van der Waals surface area contributed by atoms with Crippen LogP contribution in [0.2, 0.25) is 13.1 Å². The quantitative estimate of drug-likeness (QED) is 0.160. The topological polar surface area (TPSA) is 3.24 Å². The fraction of sp³-hybridized carbons (Fsp3) is 0.133. The van der Waals surface area contributed by atoms with Crippen molar-refractivity contribution in [3.8, 4) is 44.5 Å². The minimum atomic E-state index is -1.82. The van der Waals surface area contributed by atoms with E-state index in [9.17, 15) is 0 Å². The summed E-state index contributed by atoms with van der Waals surface area (Å²) in [6.45, 7) is 9.86. The molecule has 5 aliphatic rings. The highest BCUT2D eigenvalue weighted by atomic mass is 28.3. The molecular formula is C60H47NSi. The Morgan fingerprint density at radius 1 is 0.484 bits per heavy atom. The van der Waals surface area contributed by atoms with Gasteiger partial charge in [-0.25, -0.2) is 0 Å². The van der Waals surface area contributed by atoms with Crippen LogP contribution >= 0.6 is 0 Å². The van der Waals surface area contributed by atoms with Gasteiger partial charge in [0.1, 0.15) is 8.07 Å². The van der Waals surface area contributed by atoms with Crippen LogP contribution in [0.3, 0.4) is 0 Å². The molecule has 2 atom stereocenters. The Kier molecular flexibility index (Phi) is 7.34. The second-order valence-electron chi connectivity index (χ2n) is 19.1. The van der Waals surface area contributed by atoms with Crippen LogP contribution in [0.25, 0.3) is 44.5 Å². The molecule has 0 saturated carbocycles. The fourth-order valence-electron chi connectivity index (χ4n) is 12.9. The Morgan fingerprint density at radius 3 is 1.73 bits per heavy atom. The van der Waals surface area contributed by atoms with Crippen molar-refractivity contribution in [3.05, 3.63) is 239 Å². The Hall–Kier alpha value is -6.74. The van der Waals surface area contributed by atoms with Gasteiger partial charge in [-0.15, -0.1) is 0 Å². The van der Waals surface area contributed by atoms with E-state index in [-0.39, 0.29) is 17.4 Å². The lowest BCUT2D eigenvalue weighted by atomic mass is 9.69. The average molecular weight is 810 g/mol. The number of hydrogen-bond acceptors (Lipinski definition) is 1. The maximum Gasteiger partial charge on any atom is 0.113 e. The van der Waals surface area contributed by atoms with Gasteiger partial charge < -0.3 is 4.90 Å². The Balaban J connectivity index is 1.04. The van der Waals surface area contributed by atoms with Gasteiger partial charge in [-0.3, -0.25) is 0 Å². The van der Waals surface area contributed by atoms with E-state index in [0.717, 1.165) is 0 Å². The second kappa shape index (κ2) is 12.7. The Morgan fingerprint density at radius 2 is 1.03 bits per heavy atom. The molecule has 13 rings (SSSR count). The van der Waals surface area contributed by atoms with Crippen LogP contribution in [0.4, 0.5) is 11.4 Å². The lowest BCUT2D eigenvalue weighted by molar-refractivity contribution is 0.579. The van der Waals surface area contributed by atoms with E-state index < -0.39 is 13.5 Å². The van der Waals surface area contributed by atoms with Crippen LogP contribution in [0, 0.1) is 0 Å². The normalized spacial score (nSPS) is 19.1. The molecule has 4 aliphatic carbocycles. The molecule has 2 unspecified atom stereocenters. The van der Waals surface area contributed by atoms with E-state index in [2.05, 4.69) is 232 Å². The lowest BCUT2D eigenvalue weighted by Crippen LogP contribution is -2.49. The molecule has 0 bridgehead atoms. The first-order valence-corrected chi connectivity index (χ1v) is 25.3. The molecule has 62 heavy (non-hydrogen) atoms. The SMILES string of the molecule is CC1(C)C2=CC=CC(N(c3ccc(-c4ccc5c(c4)[Si](C)(C)c4ccccc4-5)cc3)c3cccc4c3C3(c5ccccc5-c5ccccc53)c3ccccc3-4)C2c2ccccc21. The van der Waals surface area contributed by atoms with Crippen LogP contribution in [-0.4, -0.2) is 14.1 Å². The van der Waals surface area contributed by atoms with Gasteiger partial charge in [-0.2, -0.15) is 0 Å². The summed E-state index contributed by atoms with van der Waals surface area (Å²) >= 11 is 0. The Bertz CT molecular complexity index is 3210. The maximum atomic E-state index is 2.72. The average Bonchev–Trinajstić information content (AvgIpc) is 3.95. The van der Waals surface area contributed by atoms with Crippen LogP contribution in [0.5, 0.6) is 0 Å². The van der Waals surface area contributed by atoms with Gasteiger partial charge in [0.25, 0.3) is 0 Å². The maximum absolute atomic E-state index is 2.72. The molecule has 8 aromatic rings. The Labute approximate surface area is 366 Å². The summed E-state index contributed by atoms with van der Waals surface area (Å²) in [5, 5.41) is 3.09. The highest BCUT2D eigenvalue weighted by molar-refractivity contribution is 7.03. The largest absolute Gasteiger partial charge is 0.333 e. The molecule has 0 amide bonds. The summed E-state index contributed by atoms with van der Waals surface area (Å²) in [6.07, 6.45) is 7.24. The summed E-state index contributed by atoms with van der Waals surface area (Å²) in [7, 11) is -1.82. The van der Waals surface area contributed by atoms with Crippen molar-refractivity contribution < 1.29 is 0 Å². The van der Waals surface area contributed by atoms with Crippen LogP contribution in [0.1, 0.15) is 53.1 Å². The van der Waals surface area contributed by atoms with E-state index in [1.165, 1.54) is 100 Å². The third kappa shape index (κ3) is 4.53. The summed E-state index contributed by atoms with van der Waals surface area (Å²) in [4.78, 5) is 2.72. The van der Waals surface area contributed by atoms with Crippen molar-refractivity contribution in [2.45, 2.75) is 49.7 Å². The highest BCUT2D eigenvalue weighted by Crippen LogP contribution is 2.65. The molecule has 8 aromatic carbocycles. The van der Waals surface area contributed by atoms with Crippen molar-refractivity contribution in [2.75, 3.05) is 4.90 Å². The molecule has 0 N–H and O–H groups in total. The van der Waals surface area contributed by atoms with Gasteiger partial charge in [-0.1, -0.05) is 215 Å². The summed E-state index contributed by atoms with van der Waals surface area (Å²) in [6, 6.07) is 69.8. The van der Waals surface area contributed by atoms with E-state index in [1.807, 2.05) is 0 Å². The molecule has 2 heteroatoms. The number of rotatable bonds is 4. The van der Waals surface area contributed by atoms with Crippen molar-refractivity contribution in [1.82, 2.24) is 0 Å². The van der Waals surface area contributed by atoms with Crippen LogP contribution in [0.15, 0.2) is 206 Å². The molecule has 0 aromatic heterocycles. The van der Waals surface area contributed by atoms with Crippen molar-refractivity contribution in [1.29, 1.82) is 0 Å². The molecule has 0 fully saturated rings. The van der Waals surface area contributed by atoms with Crippen LogP contribution in [-0.2, 0) is 10.8 Å². The molecular weight excluding hydrogens is 763 g/mol.